The summed E-state index contributed by atoms with van der Waals surface area (Å²) in [5, 5.41) is 15.3. The lowest BCUT2D eigenvalue weighted by Gasteiger charge is -2.17. The maximum absolute atomic E-state index is 12.7. The molecule has 38 heavy (non-hydrogen) atoms. The summed E-state index contributed by atoms with van der Waals surface area (Å²) >= 11 is 0. The molecule has 1 heterocycles. The predicted molar refractivity (Wildman–Crippen MR) is 151 cm³/mol. The van der Waals surface area contributed by atoms with Gasteiger partial charge in [0.15, 0.2) is 0 Å². The van der Waals surface area contributed by atoms with E-state index in [2.05, 4.69) is 53.2 Å². The topological polar surface area (TPSA) is 132 Å². The van der Waals surface area contributed by atoms with Gasteiger partial charge in [-0.25, -0.2) is 9.78 Å². The van der Waals surface area contributed by atoms with Gasteiger partial charge >= 0.3 is 12.1 Å². The molecule has 1 aromatic carbocycles. The third-order valence-corrected chi connectivity index (χ3v) is 7.50. The molecule has 1 aromatic heterocycles. The molecular weight excluding hydrogens is 504 g/mol. The Morgan fingerprint density at radius 3 is 2.50 bits per heavy atom. The highest BCUT2D eigenvalue weighted by atomic mass is 28.3. The monoisotopic (exact) mass is 542 g/mol. The van der Waals surface area contributed by atoms with Crippen LogP contribution >= 0.6 is 0 Å². The number of carboxylic acids is 1. The first-order valence-corrected chi connectivity index (χ1v) is 16.0. The van der Waals surface area contributed by atoms with Crippen LogP contribution in [0.2, 0.25) is 25.7 Å². The van der Waals surface area contributed by atoms with Crippen LogP contribution in [0.15, 0.2) is 49.7 Å². The molecule has 1 unspecified atom stereocenters. The minimum atomic E-state index is -1.31. The van der Waals surface area contributed by atoms with Crippen LogP contribution in [0, 0.1) is 5.92 Å². The molecule has 11 heteroatoms. The number of allylic oxidation sites excluding steroid dienone is 1. The number of hydrogen-bond donors (Lipinski definition) is 3. The summed E-state index contributed by atoms with van der Waals surface area (Å²) in [6.45, 7) is 16.5. The van der Waals surface area contributed by atoms with Crippen LogP contribution in [0.25, 0.3) is 11.3 Å². The van der Waals surface area contributed by atoms with E-state index in [1.807, 2.05) is 0 Å². The molecule has 2 aromatic rings. The van der Waals surface area contributed by atoms with Crippen LogP contribution in [0.5, 0.6) is 0 Å². The van der Waals surface area contributed by atoms with Gasteiger partial charge in [-0.05, 0) is 30.7 Å². The summed E-state index contributed by atoms with van der Waals surface area (Å²) in [4.78, 5) is 41.2. The van der Waals surface area contributed by atoms with E-state index in [0.717, 1.165) is 6.04 Å². The standard InChI is InChI=1S/C27H38N4O6Si/c1-8-10-21(26(33)34)24-29-23(16-31(24)17-37-13-14-38(5,6)7)20-12-11-19(28-27(35)36-4)15-22(20)30-25(32)18(3)9-2/h8-9,11-12,15-16,18,21H,1-2,10,13-14,17H2,3-7H3,(H,28,35)(H,30,32)(H,33,34)/t18-,21?/m1/s1. The van der Waals surface area contributed by atoms with Crippen LogP contribution in [-0.2, 0) is 25.8 Å². The van der Waals surface area contributed by atoms with Crippen LogP contribution in [0.4, 0.5) is 16.2 Å². The number of carbonyl (C=O) groups excluding carboxylic acids is 2. The average molecular weight is 543 g/mol. The van der Waals surface area contributed by atoms with E-state index in [1.54, 1.807) is 42.0 Å². The van der Waals surface area contributed by atoms with Gasteiger partial charge in [0.05, 0.1) is 24.4 Å². The zero-order chi connectivity index (χ0) is 28.5. The van der Waals surface area contributed by atoms with Crippen LogP contribution < -0.4 is 10.6 Å². The number of hydrogen-bond acceptors (Lipinski definition) is 6. The number of anilines is 2. The van der Waals surface area contributed by atoms with E-state index < -0.39 is 32.0 Å². The summed E-state index contributed by atoms with van der Waals surface area (Å²) < 4.78 is 12.2. The Hall–Kier alpha value is -3.70. The normalized spacial score (nSPS) is 12.8. The quantitative estimate of drug-likeness (QED) is 0.162. The van der Waals surface area contributed by atoms with Crippen molar-refractivity contribution in [2.24, 2.45) is 5.92 Å². The Kier molecular flexibility index (Phi) is 11.0. The van der Waals surface area contributed by atoms with E-state index in [0.29, 0.717) is 35.1 Å². The third-order valence-electron chi connectivity index (χ3n) is 5.80. The second-order valence-electron chi connectivity index (χ2n) is 10.1. The zero-order valence-corrected chi connectivity index (χ0v) is 23.7. The lowest BCUT2D eigenvalue weighted by atomic mass is 10.1. The molecule has 2 rings (SSSR count). The number of carboxylic acid groups (broad SMARTS) is 1. The highest BCUT2D eigenvalue weighted by Crippen LogP contribution is 2.33. The molecular formula is C27H38N4O6Si. The van der Waals surface area contributed by atoms with Gasteiger partial charge in [0.1, 0.15) is 18.5 Å². The Bertz CT molecular complexity index is 1170. The molecule has 0 aliphatic heterocycles. The number of rotatable bonds is 14. The van der Waals surface area contributed by atoms with E-state index in [-0.39, 0.29) is 19.1 Å². The van der Waals surface area contributed by atoms with Gasteiger partial charge in [0.25, 0.3) is 0 Å². The molecule has 0 fully saturated rings. The Labute approximate surface area is 224 Å². The second kappa shape index (κ2) is 13.7. The fraction of sp³-hybridized carbons (Fsp3) is 0.407. The second-order valence-corrected chi connectivity index (χ2v) is 15.7. The van der Waals surface area contributed by atoms with Gasteiger partial charge in [-0.2, -0.15) is 0 Å². The van der Waals surface area contributed by atoms with Gasteiger partial charge in [0.2, 0.25) is 5.91 Å². The average Bonchev–Trinajstić information content (AvgIpc) is 3.27. The summed E-state index contributed by atoms with van der Waals surface area (Å²) in [5.74, 6) is -2.43. The minimum absolute atomic E-state index is 0.130. The predicted octanol–water partition coefficient (Wildman–Crippen LogP) is 5.55. The van der Waals surface area contributed by atoms with Gasteiger partial charge in [-0.15, -0.1) is 13.2 Å². The molecule has 0 aliphatic rings. The molecule has 0 saturated heterocycles. The highest BCUT2D eigenvalue weighted by molar-refractivity contribution is 6.76. The number of aromatic nitrogens is 2. The number of nitrogens with one attached hydrogen (secondary N) is 2. The fourth-order valence-corrected chi connectivity index (χ4v) is 4.19. The van der Waals surface area contributed by atoms with Crippen molar-refractivity contribution >= 4 is 37.4 Å². The van der Waals surface area contributed by atoms with Gasteiger partial charge < -0.3 is 24.5 Å². The Morgan fingerprint density at radius 1 is 1.21 bits per heavy atom. The smallest absolute Gasteiger partial charge is 0.411 e. The van der Waals surface area contributed by atoms with Crippen molar-refractivity contribution in [1.82, 2.24) is 9.55 Å². The lowest BCUT2D eigenvalue weighted by Crippen LogP contribution is -2.22. The number of ether oxygens (including phenoxy) is 2. The maximum Gasteiger partial charge on any atom is 0.411 e. The van der Waals surface area contributed by atoms with E-state index in [1.165, 1.54) is 13.2 Å². The minimum Gasteiger partial charge on any atom is -0.481 e. The highest BCUT2D eigenvalue weighted by Gasteiger charge is 2.26. The number of nitrogens with zero attached hydrogens (tertiary/aromatic N) is 2. The maximum atomic E-state index is 12.7. The fourth-order valence-electron chi connectivity index (χ4n) is 3.44. The summed E-state index contributed by atoms with van der Waals surface area (Å²) in [7, 11) is -0.0578. The molecule has 0 bridgehead atoms. The Morgan fingerprint density at radius 2 is 1.92 bits per heavy atom. The molecule has 206 valence electrons. The molecule has 0 aliphatic carbocycles. The molecule has 2 amide bonds. The number of benzene rings is 1. The van der Waals surface area contributed by atoms with Crippen LogP contribution in [0.3, 0.4) is 0 Å². The van der Waals surface area contributed by atoms with Gasteiger partial charge in [-0.1, -0.05) is 38.7 Å². The summed E-state index contributed by atoms with van der Waals surface area (Å²) in [5.41, 5.74) is 1.75. The van der Waals surface area contributed by atoms with Crippen LogP contribution in [0.1, 0.15) is 25.1 Å². The van der Waals surface area contributed by atoms with Crippen molar-refractivity contribution in [3.63, 3.8) is 0 Å². The van der Waals surface area contributed by atoms with Crippen molar-refractivity contribution in [3.8, 4) is 11.3 Å². The Balaban J connectivity index is 2.55. The number of carbonyl (C=O) groups is 3. The SMILES string of the molecule is C=CCC(C(=O)O)c1nc(-c2ccc(NC(=O)OC)cc2NC(=O)[C@H](C)C=C)cn1COCC[Si](C)(C)C. The molecule has 2 atom stereocenters. The first-order valence-electron chi connectivity index (χ1n) is 12.3. The number of methoxy groups -OCH3 is 1. The molecule has 0 radical (unpaired) electrons. The molecule has 0 spiro atoms. The molecule has 10 nitrogen and oxygen atoms in total. The lowest BCUT2D eigenvalue weighted by molar-refractivity contribution is -0.139. The van der Waals surface area contributed by atoms with Crippen molar-refractivity contribution in [2.75, 3.05) is 24.4 Å². The van der Waals surface area contributed by atoms with E-state index >= 15 is 0 Å². The third kappa shape index (κ3) is 8.70. The summed E-state index contributed by atoms with van der Waals surface area (Å²) in [6, 6.07) is 5.87. The van der Waals surface area contributed by atoms with Crippen LogP contribution in [-0.4, -0.2) is 54.4 Å². The summed E-state index contributed by atoms with van der Waals surface area (Å²) in [6.07, 6.45) is 4.29. The van der Waals surface area contributed by atoms with Crippen molar-refractivity contribution in [2.45, 2.75) is 51.7 Å². The molecule has 3 N–H and O–H groups in total. The largest absolute Gasteiger partial charge is 0.481 e. The zero-order valence-electron chi connectivity index (χ0n) is 22.7. The van der Waals surface area contributed by atoms with Gasteiger partial charge in [0, 0.05) is 32.1 Å². The van der Waals surface area contributed by atoms with Crippen molar-refractivity contribution in [3.05, 3.63) is 55.5 Å². The number of aliphatic carboxylic acids is 1. The van der Waals surface area contributed by atoms with E-state index in [4.69, 9.17) is 4.74 Å². The first kappa shape index (κ1) is 30.5. The first-order chi connectivity index (χ1) is 17.9. The van der Waals surface area contributed by atoms with E-state index in [9.17, 15) is 19.5 Å². The number of amides is 2. The number of imidazole rings is 1. The van der Waals surface area contributed by atoms with Crippen molar-refractivity contribution in [1.29, 1.82) is 0 Å². The molecule has 0 saturated carbocycles. The van der Waals surface area contributed by atoms with Gasteiger partial charge in [-0.3, -0.25) is 14.9 Å². The van der Waals surface area contributed by atoms with Crippen molar-refractivity contribution < 1.29 is 29.0 Å².